The van der Waals surface area contributed by atoms with E-state index in [4.69, 9.17) is 10.5 Å². The van der Waals surface area contributed by atoms with Gasteiger partial charge in [0.15, 0.2) is 0 Å². The van der Waals surface area contributed by atoms with Crippen molar-refractivity contribution in [3.05, 3.63) is 29.8 Å². The third-order valence-corrected chi connectivity index (χ3v) is 3.86. The van der Waals surface area contributed by atoms with Crippen LogP contribution in [0.2, 0.25) is 0 Å². The summed E-state index contributed by atoms with van der Waals surface area (Å²) < 4.78 is 5.73. The fraction of sp³-hybridized carbons (Fsp3) is 0.600. The minimum Gasteiger partial charge on any atom is -0.494 e. The normalized spacial score (nSPS) is 22.1. The molecule has 1 heterocycles. The molecule has 3 heteroatoms. The third kappa shape index (κ3) is 2.68. The third-order valence-electron chi connectivity index (χ3n) is 3.86. The van der Waals surface area contributed by atoms with Crippen LogP contribution in [-0.4, -0.2) is 30.6 Å². The van der Waals surface area contributed by atoms with E-state index < -0.39 is 0 Å². The summed E-state index contributed by atoms with van der Waals surface area (Å²) in [5.74, 6) is 1.01. The summed E-state index contributed by atoms with van der Waals surface area (Å²) in [5, 5.41) is 0. The van der Waals surface area contributed by atoms with E-state index in [-0.39, 0.29) is 0 Å². The monoisotopic (exact) mass is 248 g/mol. The van der Waals surface area contributed by atoms with Crippen LogP contribution in [0.25, 0.3) is 0 Å². The van der Waals surface area contributed by atoms with Gasteiger partial charge >= 0.3 is 0 Å². The SMILES string of the molecule is CCOc1ccccc1C(C)N1CCCC1CN. The summed E-state index contributed by atoms with van der Waals surface area (Å²) in [5.41, 5.74) is 7.14. The molecule has 100 valence electrons. The topological polar surface area (TPSA) is 38.5 Å². The molecule has 0 aliphatic carbocycles. The van der Waals surface area contributed by atoms with Gasteiger partial charge in [0.1, 0.15) is 5.75 Å². The minimum atomic E-state index is 0.379. The molecule has 1 aromatic rings. The number of nitrogens with two attached hydrogens (primary N) is 1. The number of hydrogen-bond acceptors (Lipinski definition) is 3. The number of benzene rings is 1. The van der Waals surface area contributed by atoms with Crippen LogP contribution in [0.3, 0.4) is 0 Å². The average Bonchev–Trinajstić information content (AvgIpc) is 2.87. The first kappa shape index (κ1) is 13.4. The maximum atomic E-state index is 5.86. The van der Waals surface area contributed by atoms with E-state index in [2.05, 4.69) is 30.0 Å². The molecule has 2 N–H and O–H groups in total. The molecule has 1 fully saturated rings. The Labute approximate surface area is 110 Å². The molecule has 18 heavy (non-hydrogen) atoms. The summed E-state index contributed by atoms with van der Waals surface area (Å²) in [6.07, 6.45) is 2.47. The molecule has 3 nitrogen and oxygen atoms in total. The van der Waals surface area contributed by atoms with Gasteiger partial charge in [0.05, 0.1) is 6.61 Å². The Kier molecular flexibility index (Phi) is 4.61. The lowest BCUT2D eigenvalue weighted by molar-refractivity contribution is 0.192. The molecule has 1 aromatic carbocycles. The molecule has 2 atom stereocenters. The molecule has 0 bridgehead atoms. The molecule has 0 radical (unpaired) electrons. The van der Waals surface area contributed by atoms with Crippen molar-refractivity contribution in [2.24, 2.45) is 5.73 Å². The van der Waals surface area contributed by atoms with Crippen molar-refractivity contribution in [3.63, 3.8) is 0 Å². The number of para-hydroxylation sites is 1. The van der Waals surface area contributed by atoms with Crippen molar-refractivity contribution in [1.29, 1.82) is 0 Å². The molecule has 0 aromatic heterocycles. The highest BCUT2D eigenvalue weighted by Gasteiger charge is 2.29. The Balaban J connectivity index is 2.19. The van der Waals surface area contributed by atoms with Gasteiger partial charge in [-0.15, -0.1) is 0 Å². The van der Waals surface area contributed by atoms with Gasteiger partial charge in [-0.05, 0) is 39.3 Å². The second-order valence-corrected chi connectivity index (χ2v) is 4.92. The van der Waals surface area contributed by atoms with Crippen LogP contribution in [0.4, 0.5) is 0 Å². The highest BCUT2D eigenvalue weighted by atomic mass is 16.5. The lowest BCUT2D eigenvalue weighted by Gasteiger charge is -2.31. The Bertz CT molecular complexity index is 381. The molecule has 1 aliphatic heterocycles. The summed E-state index contributed by atoms with van der Waals surface area (Å²) in [4.78, 5) is 2.51. The molecule has 2 unspecified atom stereocenters. The average molecular weight is 248 g/mol. The van der Waals surface area contributed by atoms with Crippen molar-refractivity contribution in [3.8, 4) is 5.75 Å². The lowest BCUT2D eigenvalue weighted by atomic mass is 10.0. The number of likely N-dealkylation sites (tertiary alicyclic amines) is 1. The Morgan fingerprint density at radius 1 is 1.44 bits per heavy atom. The first-order chi connectivity index (χ1) is 8.77. The first-order valence-electron chi connectivity index (χ1n) is 6.95. The zero-order chi connectivity index (χ0) is 13.0. The van der Waals surface area contributed by atoms with Crippen LogP contribution < -0.4 is 10.5 Å². The van der Waals surface area contributed by atoms with Crippen molar-refractivity contribution in [2.45, 2.75) is 38.8 Å². The molecule has 1 saturated heterocycles. The van der Waals surface area contributed by atoms with Crippen molar-refractivity contribution in [1.82, 2.24) is 4.90 Å². The standard InChI is InChI=1S/C15H24N2O/c1-3-18-15-9-5-4-8-14(15)12(2)17-10-6-7-13(17)11-16/h4-5,8-9,12-13H,3,6-7,10-11,16H2,1-2H3. The highest BCUT2D eigenvalue weighted by molar-refractivity contribution is 5.35. The van der Waals surface area contributed by atoms with E-state index in [1.807, 2.05) is 13.0 Å². The largest absolute Gasteiger partial charge is 0.494 e. The quantitative estimate of drug-likeness (QED) is 0.870. The zero-order valence-corrected chi connectivity index (χ0v) is 11.4. The summed E-state index contributed by atoms with van der Waals surface area (Å²) in [7, 11) is 0. The van der Waals surface area contributed by atoms with Gasteiger partial charge in [-0.25, -0.2) is 0 Å². The van der Waals surface area contributed by atoms with Gasteiger partial charge in [0.25, 0.3) is 0 Å². The Morgan fingerprint density at radius 2 is 2.22 bits per heavy atom. The Morgan fingerprint density at radius 3 is 2.94 bits per heavy atom. The molecule has 0 saturated carbocycles. The predicted octanol–water partition coefficient (Wildman–Crippen LogP) is 2.57. The lowest BCUT2D eigenvalue weighted by Crippen LogP contribution is -2.37. The summed E-state index contributed by atoms with van der Waals surface area (Å²) in [6.45, 7) is 6.89. The number of ether oxygens (including phenoxy) is 1. The van der Waals surface area contributed by atoms with Crippen molar-refractivity contribution < 1.29 is 4.74 Å². The van der Waals surface area contributed by atoms with Gasteiger partial charge in [-0.3, -0.25) is 4.90 Å². The maximum Gasteiger partial charge on any atom is 0.124 e. The Hall–Kier alpha value is -1.06. The van der Waals surface area contributed by atoms with Crippen LogP contribution in [0.5, 0.6) is 5.75 Å². The van der Waals surface area contributed by atoms with E-state index >= 15 is 0 Å². The molecule has 0 amide bonds. The van der Waals surface area contributed by atoms with Gasteiger partial charge < -0.3 is 10.5 Å². The van der Waals surface area contributed by atoms with Gasteiger partial charge in [-0.2, -0.15) is 0 Å². The summed E-state index contributed by atoms with van der Waals surface area (Å²) in [6, 6.07) is 9.25. The number of hydrogen-bond donors (Lipinski definition) is 1. The van der Waals surface area contributed by atoms with Crippen LogP contribution in [0, 0.1) is 0 Å². The fourth-order valence-electron chi connectivity index (χ4n) is 2.91. The molecular formula is C15H24N2O. The van der Waals surface area contributed by atoms with Crippen molar-refractivity contribution in [2.75, 3.05) is 19.7 Å². The van der Waals surface area contributed by atoms with E-state index in [1.165, 1.54) is 18.4 Å². The first-order valence-corrected chi connectivity index (χ1v) is 6.95. The second kappa shape index (κ2) is 6.21. The minimum absolute atomic E-state index is 0.379. The molecule has 0 spiro atoms. The van der Waals surface area contributed by atoms with Crippen LogP contribution >= 0.6 is 0 Å². The second-order valence-electron chi connectivity index (χ2n) is 4.92. The summed E-state index contributed by atoms with van der Waals surface area (Å²) >= 11 is 0. The van der Waals surface area contributed by atoms with Crippen LogP contribution in [0.15, 0.2) is 24.3 Å². The van der Waals surface area contributed by atoms with Crippen molar-refractivity contribution >= 4 is 0 Å². The number of nitrogens with zero attached hydrogens (tertiary/aromatic N) is 1. The molecule has 2 rings (SSSR count). The maximum absolute atomic E-state index is 5.86. The molecular weight excluding hydrogens is 224 g/mol. The van der Waals surface area contributed by atoms with Gasteiger partial charge in [-0.1, -0.05) is 18.2 Å². The highest BCUT2D eigenvalue weighted by Crippen LogP contribution is 2.33. The van der Waals surface area contributed by atoms with E-state index in [1.54, 1.807) is 0 Å². The van der Waals surface area contributed by atoms with Crippen LogP contribution in [-0.2, 0) is 0 Å². The van der Waals surface area contributed by atoms with Crippen LogP contribution in [0.1, 0.15) is 38.3 Å². The fourth-order valence-corrected chi connectivity index (χ4v) is 2.91. The van der Waals surface area contributed by atoms with Gasteiger partial charge in [0, 0.05) is 24.2 Å². The zero-order valence-electron chi connectivity index (χ0n) is 11.4. The smallest absolute Gasteiger partial charge is 0.124 e. The predicted molar refractivity (Wildman–Crippen MR) is 74.8 cm³/mol. The van der Waals surface area contributed by atoms with E-state index in [0.717, 1.165) is 18.8 Å². The number of rotatable bonds is 5. The van der Waals surface area contributed by atoms with Gasteiger partial charge in [0.2, 0.25) is 0 Å². The van der Waals surface area contributed by atoms with E-state index in [9.17, 15) is 0 Å². The molecule has 1 aliphatic rings. The van der Waals surface area contributed by atoms with E-state index in [0.29, 0.717) is 18.7 Å².